The smallest absolute Gasteiger partial charge is 0.326 e. The number of hydrogen-bond acceptors (Lipinski definition) is 8. The molecule has 0 saturated heterocycles. The molecule has 0 aromatic carbocycles. The van der Waals surface area contributed by atoms with E-state index >= 15 is 0 Å². The van der Waals surface area contributed by atoms with Crippen molar-refractivity contribution in [3.63, 3.8) is 0 Å². The monoisotopic (exact) mass is 436 g/mol. The van der Waals surface area contributed by atoms with Crippen LogP contribution in [0.2, 0.25) is 0 Å². The minimum atomic E-state index is -1.39. The van der Waals surface area contributed by atoms with E-state index in [0.29, 0.717) is 12.2 Å². The van der Waals surface area contributed by atoms with E-state index in [1.807, 2.05) is 0 Å². The van der Waals surface area contributed by atoms with Crippen LogP contribution in [-0.2, 0) is 19.2 Å². The fourth-order valence-electron chi connectivity index (χ4n) is 2.27. The summed E-state index contributed by atoms with van der Waals surface area (Å²) in [6.45, 7) is 2.13. The zero-order valence-electron chi connectivity index (χ0n) is 16.9. The minimum absolute atomic E-state index is 0.179. The molecule has 3 amide bonds. The zero-order chi connectivity index (χ0) is 22.6. The van der Waals surface area contributed by atoms with Crippen LogP contribution in [0.25, 0.3) is 0 Å². The van der Waals surface area contributed by atoms with Gasteiger partial charge in [0.25, 0.3) is 0 Å². The fourth-order valence-corrected chi connectivity index (χ4v) is 2.74. The summed E-state index contributed by atoms with van der Waals surface area (Å²) in [5.74, 6) is -3.38. The Labute approximate surface area is 174 Å². The van der Waals surface area contributed by atoms with Gasteiger partial charge in [-0.3, -0.25) is 14.4 Å². The second kappa shape index (κ2) is 14.1. The molecule has 168 valence electrons. The molecule has 0 heterocycles. The topological polar surface area (TPSA) is 191 Å². The van der Waals surface area contributed by atoms with Gasteiger partial charge in [-0.2, -0.15) is 11.8 Å². The number of aliphatic carboxylic acids is 1. The molecule has 0 spiro atoms. The van der Waals surface area contributed by atoms with Gasteiger partial charge in [-0.1, -0.05) is 20.3 Å². The Morgan fingerprint density at radius 2 is 1.55 bits per heavy atom. The number of aliphatic hydroxyl groups excluding tert-OH is 2. The number of thioether (sulfide) groups is 1. The third-order valence-corrected chi connectivity index (χ3v) is 5.01. The molecule has 8 N–H and O–H groups in total. The van der Waals surface area contributed by atoms with Crippen LogP contribution in [0.4, 0.5) is 0 Å². The number of rotatable bonds is 14. The summed E-state index contributed by atoms with van der Waals surface area (Å²) in [6, 6.07) is -4.82. The van der Waals surface area contributed by atoms with Crippen molar-refractivity contribution in [2.45, 2.75) is 50.9 Å². The van der Waals surface area contributed by atoms with Gasteiger partial charge >= 0.3 is 5.97 Å². The number of nitrogens with one attached hydrogen (secondary N) is 3. The average molecular weight is 437 g/mol. The highest BCUT2D eigenvalue weighted by molar-refractivity contribution is 7.98. The van der Waals surface area contributed by atoms with Gasteiger partial charge < -0.3 is 37.0 Å². The van der Waals surface area contributed by atoms with Gasteiger partial charge in [-0.25, -0.2) is 4.79 Å². The maximum atomic E-state index is 12.6. The number of amides is 3. The Balaban J connectivity index is 5.19. The van der Waals surface area contributed by atoms with Gasteiger partial charge in [-0.05, 0) is 24.3 Å². The first kappa shape index (κ1) is 27.1. The van der Waals surface area contributed by atoms with E-state index in [0.717, 1.165) is 0 Å². The van der Waals surface area contributed by atoms with Gasteiger partial charge in [-0.15, -0.1) is 0 Å². The molecule has 0 aliphatic carbocycles. The van der Waals surface area contributed by atoms with Crippen molar-refractivity contribution in [1.29, 1.82) is 0 Å². The Morgan fingerprint density at radius 3 is 2.00 bits per heavy atom. The number of carboxylic acids is 1. The van der Waals surface area contributed by atoms with E-state index < -0.39 is 61.1 Å². The standard InChI is InChI=1S/C17H32N4O7S/c1-4-9(2)13(21-14(24)10(18)7-22)16(26)20-12(8-23)15(25)19-11(17(27)28)5-6-29-3/h9-13,22-23H,4-8,18H2,1-3H3,(H,19,25)(H,20,26)(H,21,24)(H,27,28). The number of nitrogens with two attached hydrogens (primary N) is 1. The van der Waals surface area contributed by atoms with E-state index in [4.69, 9.17) is 10.8 Å². The molecule has 0 rings (SSSR count). The summed E-state index contributed by atoms with van der Waals surface area (Å²) in [6.07, 6.45) is 2.49. The molecular weight excluding hydrogens is 404 g/mol. The second-order valence-electron chi connectivity index (χ2n) is 6.59. The maximum Gasteiger partial charge on any atom is 0.326 e. The number of carbonyl (C=O) groups excluding carboxylic acids is 3. The van der Waals surface area contributed by atoms with Crippen molar-refractivity contribution in [3.05, 3.63) is 0 Å². The van der Waals surface area contributed by atoms with Gasteiger partial charge in [0, 0.05) is 0 Å². The molecule has 0 bridgehead atoms. The highest BCUT2D eigenvalue weighted by Crippen LogP contribution is 2.09. The molecule has 0 radical (unpaired) electrons. The summed E-state index contributed by atoms with van der Waals surface area (Å²) in [5, 5.41) is 34.7. The van der Waals surface area contributed by atoms with Crippen LogP contribution >= 0.6 is 11.8 Å². The quantitative estimate of drug-likeness (QED) is 0.156. The maximum absolute atomic E-state index is 12.6. The summed E-state index contributed by atoms with van der Waals surface area (Å²) in [5.41, 5.74) is 5.45. The van der Waals surface area contributed by atoms with Crippen LogP contribution in [-0.4, -0.2) is 88.4 Å². The predicted octanol–water partition coefficient (Wildman–Crippen LogP) is -2.36. The Kier molecular flexibility index (Phi) is 13.2. The molecule has 0 aromatic rings. The van der Waals surface area contributed by atoms with Gasteiger partial charge in [0.1, 0.15) is 24.2 Å². The summed E-state index contributed by atoms with van der Waals surface area (Å²) in [4.78, 5) is 48.2. The summed E-state index contributed by atoms with van der Waals surface area (Å²) < 4.78 is 0. The van der Waals surface area contributed by atoms with Crippen molar-refractivity contribution in [3.8, 4) is 0 Å². The Bertz CT molecular complexity index is 564. The van der Waals surface area contributed by atoms with Crippen molar-refractivity contribution in [1.82, 2.24) is 16.0 Å². The van der Waals surface area contributed by atoms with Gasteiger partial charge in [0.2, 0.25) is 17.7 Å². The van der Waals surface area contributed by atoms with Crippen LogP contribution in [0.1, 0.15) is 26.7 Å². The number of aliphatic hydroxyl groups is 2. The average Bonchev–Trinajstić information content (AvgIpc) is 2.70. The first-order chi connectivity index (χ1) is 13.6. The van der Waals surface area contributed by atoms with Crippen molar-refractivity contribution in [2.24, 2.45) is 11.7 Å². The van der Waals surface area contributed by atoms with E-state index in [2.05, 4.69) is 16.0 Å². The fraction of sp³-hybridized carbons (Fsp3) is 0.765. The van der Waals surface area contributed by atoms with E-state index in [1.165, 1.54) is 11.8 Å². The lowest BCUT2D eigenvalue weighted by Gasteiger charge is -2.27. The van der Waals surface area contributed by atoms with Gasteiger partial charge in [0.15, 0.2) is 0 Å². The number of carbonyl (C=O) groups is 4. The Hall–Kier alpha value is -1.89. The lowest BCUT2D eigenvalue weighted by Crippen LogP contribution is -2.59. The van der Waals surface area contributed by atoms with E-state index in [9.17, 15) is 29.4 Å². The van der Waals surface area contributed by atoms with Crippen LogP contribution in [0.5, 0.6) is 0 Å². The molecule has 5 atom stereocenters. The van der Waals surface area contributed by atoms with Crippen LogP contribution in [0, 0.1) is 5.92 Å². The molecular formula is C17H32N4O7S. The summed E-state index contributed by atoms with van der Waals surface area (Å²) >= 11 is 1.42. The molecule has 0 fully saturated rings. The zero-order valence-corrected chi connectivity index (χ0v) is 17.7. The van der Waals surface area contributed by atoms with Crippen LogP contribution in [0.15, 0.2) is 0 Å². The molecule has 0 saturated carbocycles. The molecule has 11 nitrogen and oxygen atoms in total. The molecule has 0 aliphatic heterocycles. The van der Waals surface area contributed by atoms with Crippen molar-refractivity contribution < 1.29 is 34.5 Å². The SMILES string of the molecule is CCC(C)C(NC(=O)C(N)CO)C(=O)NC(CO)C(=O)NC(CCSC)C(=O)O. The highest BCUT2D eigenvalue weighted by Gasteiger charge is 2.32. The lowest BCUT2D eigenvalue weighted by molar-refractivity contribution is -0.142. The molecule has 0 aliphatic rings. The van der Waals surface area contributed by atoms with E-state index in [1.54, 1.807) is 20.1 Å². The van der Waals surface area contributed by atoms with Crippen molar-refractivity contribution in [2.75, 3.05) is 25.2 Å². The second-order valence-corrected chi connectivity index (χ2v) is 7.57. The predicted molar refractivity (Wildman–Crippen MR) is 108 cm³/mol. The lowest BCUT2D eigenvalue weighted by atomic mass is 9.97. The highest BCUT2D eigenvalue weighted by atomic mass is 32.2. The van der Waals surface area contributed by atoms with Crippen LogP contribution in [0.3, 0.4) is 0 Å². The van der Waals surface area contributed by atoms with Gasteiger partial charge in [0.05, 0.1) is 13.2 Å². The third kappa shape index (κ3) is 9.43. The first-order valence-corrected chi connectivity index (χ1v) is 10.6. The number of hydrogen-bond donors (Lipinski definition) is 7. The van der Waals surface area contributed by atoms with E-state index in [-0.39, 0.29) is 12.3 Å². The first-order valence-electron chi connectivity index (χ1n) is 9.22. The molecule has 29 heavy (non-hydrogen) atoms. The number of carboxylic acid groups (broad SMARTS) is 1. The Morgan fingerprint density at radius 1 is 0.966 bits per heavy atom. The third-order valence-electron chi connectivity index (χ3n) is 4.37. The molecule has 5 unspecified atom stereocenters. The van der Waals surface area contributed by atoms with Crippen LogP contribution < -0.4 is 21.7 Å². The van der Waals surface area contributed by atoms with Crippen molar-refractivity contribution >= 4 is 35.5 Å². The minimum Gasteiger partial charge on any atom is -0.480 e. The normalized spacial score (nSPS) is 16.1. The largest absolute Gasteiger partial charge is 0.480 e. The molecule has 12 heteroatoms. The molecule has 0 aromatic heterocycles. The summed E-state index contributed by atoms with van der Waals surface area (Å²) in [7, 11) is 0.